The van der Waals surface area contributed by atoms with Gasteiger partial charge in [0.05, 0.1) is 22.7 Å². The molecule has 2 aromatic carbocycles. The predicted octanol–water partition coefficient (Wildman–Crippen LogP) is 4.11. The van der Waals surface area contributed by atoms with Crippen molar-refractivity contribution in [2.45, 2.75) is 6.18 Å². The van der Waals surface area contributed by atoms with Crippen molar-refractivity contribution < 1.29 is 36.1 Å². The number of anilines is 2. The highest BCUT2D eigenvalue weighted by atomic mass is 19.4. The highest BCUT2D eigenvalue weighted by Crippen LogP contribution is 2.36. The fraction of sp³-hybridized carbons (Fsp3) is 0.188. The Balaban J connectivity index is 2.22. The van der Waals surface area contributed by atoms with Crippen LogP contribution in [0.3, 0.4) is 0 Å². The number of nitro groups is 1. The second kappa shape index (κ2) is 7.74. The van der Waals surface area contributed by atoms with Gasteiger partial charge in [0.25, 0.3) is 5.69 Å². The molecule has 0 bridgehead atoms. The number of likely N-dealkylation sites (N-methyl/N-ethyl adjacent to an activating group) is 1. The van der Waals surface area contributed by atoms with E-state index in [1.807, 2.05) is 5.32 Å². The maximum absolute atomic E-state index is 13.6. The molecule has 0 spiro atoms. The van der Waals surface area contributed by atoms with Gasteiger partial charge in [-0.15, -0.1) is 0 Å². The van der Waals surface area contributed by atoms with Gasteiger partial charge in [-0.05, 0) is 24.3 Å². The van der Waals surface area contributed by atoms with Crippen LogP contribution in [0.15, 0.2) is 30.3 Å². The Bertz CT molecular complexity index is 933. The second-order valence-corrected chi connectivity index (χ2v) is 5.59. The summed E-state index contributed by atoms with van der Waals surface area (Å²) in [7, 11) is 1.18. The molecule has 28 heavy (non-hydrogen) atoms. The van der Waals surface area contributed by atoms with Crippen LogP contribution in [-0.4, -0.2) is 24.4 Å². The number of carbonyl (C=O) groups is 1. The summed E-state index contributed by atoms with van der Waals surface area (Å²) in [6.45, 7) is -0.648. The molecule has 0 aliphatic rings. The third-order valence-corrected chi connectivity index (χ3v) is 3.60. The van der Waals surface area contributed by atoms with Crippen LogP contribution >= 0.6 is 0 Å². The summed E-state index contributed by atoms with van der Waals surface area (Å²) >= 11 is 0. The van der Waals surface area contributed by atoms with E-state index in [1.165, 1.54) is 7.05 Å². The van der Waals surface area contributed by atoms with E-state index in [1.54, 1.807) is 0 Å². The molecule has 0 atom stereocenters. The Morgan fingerprint density at radius 3 is 2.36 bits per heavy atom. The monoisotopic (exact) mass is 407 g/mol. The Morgan fingerprint density at radius 2 is 1.79 bits per heavy atom. The average molecular weight is 407 g/mol. The minimum absolute atomic E-state index is 0.307. The molecule has 1 amide bonds. The van der Waals surface area contributed by atoms with Gasteiger partial charge in [0.15, 0.2) is 17.5 Å². The van der Waals surface area contributed by atoms with Crippen LogP contribution in [0.1, 0.15) is 5.56 Å². The highest BCUT2D eigenvalue weighted by molar-refractivity contribution is 5.94. The smallest absolute Gasteiger partial charge is 0.360 e. The summed E-state index contributed by atoms with van der Waals surface area (Å²) in [5.74, 6) is -5.88. The number of rotatable bonds is 5. The molecule has 0 aliphatic heterocycles. The van der Waals surface area contributed by atoms with Crippen LogP contribution in [0.2, 0.25) is 0 Å². The van der Waals surface area contributed by atoms with Crippen molar-refractivity contribution in [2.24, 2.45) is 0 Å². The predicted molar refractivity (Wildman–Crippen MR) is 86.3 cm³/mol. The van der Waals surface area contributed by atoms with E-state index in [9.17, 15) is 41.3 Å². The molecule has 0 saturated carbocycles. The largest absolute Gasteiger partial charge is 0.416 e. The number of nitrogens with one attached hydrogen (secondary N) is 1. The van der Waals surface area contributed by atoms with Crippen molar-refractivity contribution in [1.82, 2.24) is 0 Å². The number of carbonyl (C=O) groups excluding carboxylic acids is 1. The molecule has 0 radical (unpaired) electrons. The lowest BCUT2D eigenvalue weighted by Gasteiger charge is -2.19. The molecule has 0 unspecified atom stereocenters. The molecule has 0 heterocycles. The topological polar surface area (TPSA) is 75.5 Å². The molecule has 2 rings (SSSR count). The maximum Gasteiger partial charge on any atom is 0.416 e. The Kier molecular flexibility index (Phi) is 5.81. The summed E-state index contributed by atoms with van der Waals surface area (Å²) in [6.07, 6.45) is -4.80. The van der Waals surface area contributed by atoms with E-state index < -0.39 is 57.9 Å². The Morgan fingerprint density at radius 1 is 1.14 bits per heavy atom. The van der Waals surface area contributed by atoms with Crippen molar-refractivity contribution in [3.8, 4) is 0 Å². The molecule has 0 aromatic heterocycles. The van der Waals surface area contributed by atoms with Crippen molar-refractivity contribution in [3.63, 3.8) is 0 Å². The molecular formula is C16H11F6N3O3. The van der Waals surface area contributed by atoms with E-state index in [0.717, 1.165) is 17.0 Å². The standard InChI is InChI=1S/C16H11F6N3O3/c1-24(7-13(26)23-10-4-3-9(17)14(18)15(10)19)11-5-2-8(16(20,21)22)6-12(11)25(27)28/h2-6H,7H2,1H3,(H,23,26). The number of benzene rings is 2. The van der Waals surface area contributed by atoms with Crippen molar-refractivity contribution in [3.05, 3.63) is 63.5 Å². The number of nitro benzene ring substituents is 1. The average Bonchev–Trinajstić information content (AvgIpc) is 2.60. The van der Waals surface area contributed by atoms with Gasteiger partial charge >= 0.3 is 6.18 Å². The molecule has 0 fully saturated rings. The van der Waals surface area contributed by atoms with Gasteiger partial charge < -0.3 is 10.2 Å². The summed E-state index contributed by atoms with van der Waals surface area (Å²) in [5, 5.41) is 13.0. The summed E-state index contributed by atoms with van der Waals surface area (Å²) in [4.78, 5) is 22.9. The molecule has 2 aromatic rings. The van der Waals surface area contributed by atoms with Crippen LogP contribution < -0.4 is 10.2 Å². The number of halogens is 6. The molecule has 1 N–H and O–H groups in total. The quantitative estimate of drug-likeness (QED) is 0.350. The Hall–Kier alpha value is -3.31. The Labute approximate surface area is 153 Å². The van der Waals surface area contributed by atoms with Crippen LogP contribution in [0, 0.1) is 27.6 Å². The van der Waals surface area contributed by atoms with E-state index >= 15 is 0 Å². The number of amides is 1. The molecule has 0 aliphatic carbocycles. The third kappa shape index (κ3) is 4.50. The third-order valence-electron chi connectivity index (χ3n) is 3.60. The fourth-order valence-electron chi connectivity index (χ4n) is 2.28. The summed E-state index contributed by atoms with van der Waals surface area (Å²) in [6, 6.07) is 3.08. The SMILES string of the molecule is CN(CC(=O)Nc1ccc(F)c(F)c1F)c1ccc(C(F)(F)F)cc1[N+](=O)[O-]. The van der Waals surface area contributed by atoms with Gasteiger partial charge in [-0.25, -0.2) is 13.2 Å². The van der Waals surface area contributed by atoms with E-state index in [0.29, 0.717) is 18.2 Å². The summed E-state index contributed by atoms with van der Waals surface area (Å²) in [5.41, 5.74) is -3.12. The maximum atomic E-state index is 13.6. The van der Waals surface area contributed by atoms with Gasteiger partial charge in [0, 0.05) is 13.1 Å². The summed E-state index contributed by atoms with van der Waals surface area (Å²) < 4.78 is 77.8. The lowest BCUT2D eigenvalue weighted by molar-refractivity contribution is -0.384. The van der Waals surface area contributed by atoms with Crippen molar-refractivity contribution in [1.29, 1.82) is 0 Å². The van der Waals surface area contributed by atoms with Gasteiger partial charge in [0.2, 0.25) is 5.91 Å². The van der Waals surface area contributed by atoms with Crippen LogP contribution in [0.4, 0.5) is 43.4 Å². The minimum Gasteiger partial charge on any atom is -0.360 e. The van der Waals surface area contributed by atoms with Crippen molar-refractivity contribution >= 4 is 23.0 Å². The highest BCUT2D eigenvalue weighted by Gasteiger charge is 2.33. The van der Waals surface area contributed by atoms with Crippen molar-refractivity contribution in [2.75, 3.05) is 23.8 Å². The van der Waals surface area contributed by atoms with Crippen LogP contribution in [0.25, 0.3) is 0 Å². The minimum atomic E-state index is -4.80. The second-order valence-electron chi connectivity index (χ2n) is 5.59. The van der Waals surface area contributed by atoms with E-state index in [2.05, 4.69) is 0 Å². The van der Waals surface area contributed by atoms with Gasteiger partial charge in [-0.1, -0.05) is 0 Å². The lowest BCUT2D eigenvalue weighted by Crippen LogP contribution is -2.31. The first kappa shape index (κ1) is 21.0. The first-order valence-electron chi connectivity index (χ1n) is 7.42. The first-order chi connectivity index (χ1) is 12.9. The van der Waals surface area contributed by atoms with E-state index in [-0.39, 0.29) is 5.69 Å². The van der Waals surface area contributed by atoms with E-state index in [4.69, 9.17) is 0 Å². The number of nitrogens with zero attached hydrogens (tertiary/aromatic N) is 2. The van der Waals surface area contributed by atoms with Crippen LogP contribution in [0.5, 0.6) is 0 Å². The number of hydrogen-bond acceptors (Lipinski definition) is 4. The van der Waals surface area contributed by atoms with Crippen LogP contribution in [-0.2, 0) is 11.0 Å². The zero-order chi connectivity index (χ0) is 21.2. The fourth-order valence-corrected chi connectivity index (χ4v) is 2.28. The number of alkyl halides is 3. The molecule has 0 saturated heterocycles. The molecule has 6 nitrogen and oxygen atoms in total. The normalized spacial score (nSPS) is 11.2. The van der Waals surface area contributed by atoms with Gasteiger partial charge in [-0.3, -0.25) is 14.9 Å². The van der Waals surface area contributed by atoms with Gasteiger partial charge in [0.1, 0.15) is 5.69 Å². The zero-order valence-corrected chi connectivity index (χ0v) is 14.0. The first-order valence-corrected chi connectivity index (χ1v) is 7.42. The molecule has 12 heteroatoms. The molecule has 150 valence electrons. The number of hydrogen-bond donors (Lipinski definition) is 1. The lowest BCUT2D eigenvalue weighted by atomic mass is 10.1. The molecular weight excluding hydrogens is 396 g/mol. The zero-order valence-electron chi connectivity index (χ0n) is 14.0. The van der Waals surface area contributed by atoms with Gasteiger partial charge in [-0.2, -0.15) is 13.2 Å².